The Morgan fingerprint density at radius 1 is 1.67 bits per heavy atom. The predicted octanol–water partition coefficient (Wildman–Crippen LogP) is 1.33. The van der Waals surface area contributed by atoms with Crippen molar-refractivity contribution < 1.29 is 0 Å². The van der Waals surface area contributed by atoms with Gasteiger partial charge in [0.25, 0.3) is 0 Å². The molecule has 82 valence electrons. The van der Waals surface area contributed by atoms with Gasteiger partial charge in [0, 0.05) is 19.3 Å². The molecule has 1 unspecified atom stereocenters. The normalized spacial score (nSPS) is 21.0. The van der Waals surface area contributed by atoms with E-state index in [1.165, 1.54) is 0 Å². The summed E-state index contributed by atoms with van der Waals surface area (Å²) in [6, 6.07) is 0. The van der Waals surface area contributed by atoms with Crippen LogP contribution in [0.3, 0.4) is 0 Å². The van der Waals surface area contributed by atoms with E-state index in [0.29, 0.717) is 5.92 Å². The van der Waals surface area contributed by atoms with Crippen LogP contribution in [0.15, 0.2) is 10.7 Å². The van der Waals surface area contributed by atoms with Crippen LogP contribution >= 0.6 is 15.9 Å². The second-order valence-corrected chi connectivity index (χ2v) is 4.78. The summed E-state index contributed by atoms with van der Waals surface area (Å²) in [5.74, 6) is 2.41. The molecule has 1 aliphatic heterocycles. The third-order valence-corrected chi connectivity index (χ3v) is 3.32. The number of nitrogens with zero attached hydrogens (tertiary/aromatic N) is 3. The number of hydrogen-bond acceptors (Lipinski definition) is 4. The van der Waals surface area contributed by atoms with E-state index >= 15 is 0 Å². The maximum atomic E-state index is 5.67. The molecule has 1 aromatic rings. The molecule has 0 radical (unpaired) electrons. The molecule has 1 fully saturated rings. The molecule has 0 amide bonds. The molecule has 0 aliphatic carbocycles. The van der Waals surface area contributed by atoms with Gasteiger partial charge >= 0.3 is 0 Å². The summed E-state index contributed by atoms with van der Waals surface area (Å²) in [5.41, 5.74) is 5.67. The van der Waals surface area contributed by atoms with E-state index in [1.807, 2.05) is 13.1 Å². The van der Waals surface area contributed by atoms with Crippen molar-refractivity contribution in [1.29, 1.82) is 0 Å². The minimum absolute atomic E-state index is 0.604. The fraction of sp³-hybridized carbons (Fsp3) is 0.600. The fourth-order valence-electron chi connectivity index (χ4n) is 1.88. The summed E-state index contributed by atoms with van der Waals surface area (Å²) in [6.07, 6.45) is 2.97. The summed E-state index contributed by atoms with van der Waals surface area (Å²) in [7, 11) is 0. The highest BCUT2D eigenvalue weighted by molar-refractivity contribution is 9.10. The molecule has 1 aliphatic rings. The molecule has 0 spiro atoms. The van der Waals surface area contributed by atoms with Crippen molar-refractivity contribution in [2.45, 2.75) is 13.3 Å². The Kier molecular flexibility index (Phi) is 3.21. The number of aryl methyl sites for hydroxylation is 1. The largest absolute Gasteiger partial charge is 0.355 e. The van der Waals surface area contributed by atoms with Gasteiger partial charge in [-0.15, -0.1) is 0 Å². The van der Waals surface area contributed by atoms with Crippen LogP contribution in [0.25, 0.3) is 0 Å². The Hall–Kier alpha value is -0.680. The van der Waals surface area contributed by atoms with Gasteiger partial charge in [0.05, 0.1) is 4.47 Å². The number of rotatable bonds is 2. The number of hydrogen-bond donors (Lipinski definition) is 1. The average molecular weight is 271 g/mol. The molecule has 0 bridgehead atoms. The molecule has 0 saturated carbocycles. The van der Waals surface area contributed by atoms with Crippen molar-refractivity contribution in [3.8, 4) is 0 Å². The highest BCUT2D eigenvalue weighted by atomic mass is 79.9. The van der Waals surface area contributed by atoms with E-state index in [2.05, 4.69) is 30.8 Å². The van der Waals surface area contributed by atoms with Crippen LogP contribution in [-0.4, -0.2) is 29.6 Å². The van der Waals surface area contributed by atoms with Crippen LogP contribution in [0, 0.1) is 12.8 Å². The Morgan fingerprint density at radius 2 is 2.47 bits per heavy atom. The molecule has 1 aromatic heterocycles. The topological polar surface area (TPSA) is 55.0 Å². The molecule has 5 heteroatoms. The zero-order valence-corrected chi connectivity index (χ0v) is 10.4. The van der Waals surface area contributed by atoms with Gasteiger partial charge in [0.15, 0.2) is 0 Å². The van der Waals surface area contributed by atoms with E-state index in [9.17, 15) is 0 Å². The van der Waals surface area contributed by atoms with Crippen molar-refractivity contribution in [3.05, 3.63) is 16.5 Å². The summed E-state index contributed by atoms with van der Waals surface area (Å²) < 4.78 is 0.964. The highest BCUT2D eigenvalue weighted by Gasteiger charge is 2.23. The Morgan fingerprint density at radius 3 is 3.13 bits per heavy atom. The maximum absolute atomic E-state index is 5.67. The number of aromatic nitrogens is 2. The zero-order valence-electron chi connectivity index (χ0n) is 8.78. The van der Waals surface area contributed by atoms with Gasteiger partial charge in [-0.2, -0.15) is 0 Å². The molecule has 2 rings (SSSR count). The first-order chi connectivity index (χ1) is 7.20. The SMILES string of the molecule is Cc1ncc(Br)c(N2CCC(CN)C2)n1. The van der Waals surface area contributed by atoms with Gasteiger partial charge in [-0.25, -0.2) is 9.97 Å². The van der Waals surface area contributed by atoms with E-state index < -0.39 is 0 Å². The first-order valence-electron chi connectivity index (χ1n) is 5.15. The van der Waals surface area contributed by atoms with Crippen LogP contribution in [0.5, 0.6) is 0 Å². The van der Waals surface area contributed by atoms with Gasteiger partial charge in [-0.05, 0) is 41.7 Å². The monoisotopic (exact) mass is 270 g/mol. The van der Waals surface area contributed by atoms with Gasteiger partial charge in [0.2, 0.25) is 0 Å². The molecular weight excluding hydrogens is 256 g/mol. The van der Waals surface area contributed by atoms with Crippen LogP contribution in [0.4, 0.5) is 5.82 Å². The lowest BCUT2D eigenvalue weighted by atomic mass is 10.1. The predicted molar refractivity (Wildman–Crippen MR) is 63.8 cm³/mol. The maximum Gasteiger partial charge on any atom is 0.146 e. The van der Waals surface area contributed by atoms with Gasteiger partial charge in [-0.3, -0.25) is 0 Å². The van der Waals surface area contributed by atoms with E-state index in [-0.39, 0.29) is 0 Å². The first kappa shape index (κ1) is 10.8. The van der Waals surface area contributed by atoms with Crippen LogP contribution in [0.2, 0.25) is 0 Å². The second-order valence-electron chi connectivity index (χ2n) is 3.93. The van der Waals surface area contributed by atoms with Gasteiger partial charge in [-0.1, -0.05) is 0 Å². The van der Waals surface area contributed by atoms with Gasteiger partial charge in [0.1, 0.15) is 11.6 Å². The van der Waals surface area contributed by atoms with Crippen molar-refractivity contribution >= 4 is 21.7 Å². The average Bonchev–Trinajstić information content (AvgIpc) is 2.70. The quantitative estimate of drug-likeness (QED) is 0.881. The van der Waals surface area contributed by atoms with Crippen molar-refractivity contribution in [1.82, 2.24) is 9.97 Å². The van der Waals surface area contributed by atoms with E-state index in [4.69, 9.17) is 5.73 Å². The lowest BCUT2D eigenvalue weighted by molar-refractivity contribution is 0.602. The summed E-state index contributed by atoms with van der Waals surface area (Å²) in [5, 5.41) is 0. The molecular formula is C10H15BrN4. The minimum atomic E-state index is 0.604. The van der Waals surface area contributed by atoms with Crippen LogP contribution in [-0.2, 0) is 0 Å². The molecule has 1 saturated heterocycles. The third-order valence-electron chi connectivity index (χ3n) is 2.76. The van der Waals surface area contributed by atoms with E-state index in [1.54, 1.807) is 0 Å². The third kappa shape index (κ3) is 2.29. The molecule has 1 atom stereocenters. The smallest absolute Gasteiger partial charge is 0.146 e. The molecule has 15 heavy (non-hydrogen) atoms. The highest BCUT2D eigenvalue weighted by Crippen LogP contribution is 2.27. The standard InChI is InChI=1S/C10H15BrN4/c1-7-13-5-9(11)10(14-7)15-3-2-8(4-12)6-15/h5,8H,2-4,6,12H2,1H3. The summed E-state index contributed by atoms with van der Waals surface area (Å²) >= 11 is 3.48. The van der Waals surface area contributed by atoms with Crippen LogP contribution in [0.1, 0.15) is 12.2 Å². The summed E-state index contributed by atoms with van der Waals surface area (Å²) in [6.45, 7) is 4.72. The fourth-order valence-corrected chi connectivity index (χ4v) is 2.32. The van der Waals surface area contributed by atoms with Crippen molar-refractivity contribution in [2.24, 2.45) is 11.7 Å². The Balaban J connectivity index is 2.19. The number of anilines is 1. The van der Waals surface area contributed by atoms with Crippen molar-refractivity contribution in [2.75, 3.05) is 24.5 Å². The zero-order chi connectivity index (χ0) is 10.8. The first-order valence-corrected chi connectivity index (χ1v) is 5.94. The lowest BCUT2D eigenvalue weighted by Crippen LogP contribution is -2.24. The second kappa shape index (κ2) is 4.45. The van der Waals surface area contributed by atoms with E-state index in [0.717, 1.165) is 42.2 Å². The lowest BCUT2D eigenvalue weighted by Gasteiger charge is -2.18. The minimum Gasteiger partial charge on any atom is -0.355 e. The number of nitrogens with two attached hydrogens (primary N) is 1. The molecule has 2 N–H and O–H groups in total. The Labute approximate surface area is 98.0 Å². The van der Waals surface area contributed by atoms with Crippen LogP contribution < -0.4 is 10.6 Å². The summed E-state index contributed by atoms with van der Waals surface area (Å²) in [4.78, 5) is 10.9. The molecule has 0 aromatic carbocycles. The molecule has 2 heterocycles. The van der Waals surface area contributed by atoms with Crippen molar-refractivity contribution in [3.63, 3.8) is 0 Å². The molecule has 4 nitrogen and oxygen atoms in total. The number of halogens is 1. The van der Waals surface area contributed by atoms with Gasteiger partial charge < -0.3 is 10.6 Å². The Bertz CT molecular complexity index is 355.